The lowest BCUT2D eigenvalue weighted by atomic mass is 10.1. The molecular weight excluding hydrogens is 386 g/mol. The molecule has 31 heavy (non-hydrogen) atoms. The van der Waals surface area contributed by atoms with E-state index in [4.69, 9.17) is 4.98 Å². The van der Waals surface area contributed by atoms with Gasteiger partial charge in [0.1, 0.15) is 11.5 Å². The van der Waals surface area contributed by atoms with Crippen molar-refractivity contribution in [1.82, 2.24) is 24.1 Å². The smallest absolute Gasteiger partial charge is 0.278 e. The zero-order valence-electron chi connectivity index (χ0n) is 17.5. The van der Waals surface area contributed by atoms with E-state index in [-0.39, 0.29) is 5.56 Å². The first-order valence-corrected chi connectivity index (χ1v) is 10.3. The molecule has 2 aliphatic rings. The number of imidazole rings is 2. The summed E-state index contributed by atoms with van der Waals surface area (Å²) in [4.78, 5) is 25.9. The molecule has 2 aliphatic heterocycles. The lowest BCUT2D eigenvalue weighted by molar-refractivity contribution is 0.811. The molecular formula is C25H23N5O. The van der Waals surface area contributed by atoms with Crippen LogP contribution in [0.2, 0.25) is 0 Å². The van der Waals surface area contributed by atoms with E-state index in [0.29, 0.717) is 24.4 Å². The Morgan fingerprint density at radius 3 is 2.48 bits per heavy atom. The van der Waals surface area contributed by atoms with Gasteiger partial charge in [0.2, 0.25) is 0 Å². The van der Waals surface area contributed by atoms with Crippen molar-refractivity contribution in [2.24, 2.45) is 7.05 Å². The molecule has 0 saturated heterocycles. The predicted molar refractivity (Wildman–Crippen MR) is 121 cm³/mol. The third-order valence-electron chi connectivity index (χ3n) is 5.58. The number of aromatic nitrogens is 5. The minimum atomic E-state index is -0.102. The number of aromatic amines is 1. The van der Waals surface area contributed by atoms with Crippen molar-refractivity contribution >= 4 is 0 Å². The molecule has 1 N–H and O–H groups in total. The molecule has 154 valence electrons. The van der Waals surface area contributed by atoms with Gasteiger partial charge in [-0.1, -0.05) is 60.2 Å². The molecule has 3 heterocycles. The summed E-state index contributed by atoms with van der Waals surface area (Å²) < 4.78 is 3.58. The van der Waals surface area contributed by atoms with Crippen LogP contribution < -0.4 is 5.56 Å². The van der Waals surface area contributed by atoms with E-state index in [1.807, 2.05) is 42.2 Å². The molecule has 0 unspecified atom stereocenters. The molecule has 0 radical (unpaired) electrons. The second kappa shape index (κ2) is 7.72. The van der Waals surface area contributed by atoms with Gasteiger partial charge in [0.15, 0.2) is 5.82 Å². The van der Waals surface area contributed by atoms with Crippen molar-refractivity contribution in [3.63, 3.8) is 0 Å². The van der Waals surface area contributed by atoms with Gasteiger partial charge in [-0.25, -0.2) is 9.97 Å². The minimum absolute atomic E-state index is 0.102. The first-order valence-electron chi connectivity index (χ1n) is 10.3. The fourth-order valence-corrected chi connectivity index (χ4v) is 3.81. The summed E-state index contributed by atoms with van der Waals surface area (Å²) in [7, 11) is 1.92. The summed E-state index contributed by atoms with van der Waals surface area (Å²) in [6.07, 6.45) is 6.52. The monoisotopic (exact) mass is 409 g/mol. The van der Waals surface area contributed by atoms with Crippen molar-refractivity contribution in [2.45, 2.75) is 19.8 Å². The van der Waals surface area contributed by atoms with E-state index < -0.39 is 0 Å². The maximum Gasteiger partial charge on any atom is 0.278 e. The highest BCUT2D eigenvalue weighted by Gasteiger charge is 2.21. The molecule has 6 heteroatoms. The third-order valence-corrected chi connectivity index (χ3v) is 5.58. The quantitative estimate of drug-likeness (QED) is 0.479. The zero-order valence-corrected chi connectivity index (χ0v) is 17.5. The first-order chi connectivity index (χ1) is 15.1. The Labute approximate surface area is 180 Å². The third kappa shape index (κ3) is 3.68. The number of nitrogens with one attached hydrogen (secondary N) is 1. The maximum absolute atomic E-state index is 13.3. The molecule has 1 aromatic heterocycles. The second-order valence-electron chi connectivity index (χ2n) is 7.86. The predicted octanol–water partition coefficient (Wildman–Crippen LogP) is 3.89. The molecule has 0 amide bonds. The SMILES string of the molecule is Cc1ccc(-c2cn3c(=O)c(Cc4nccn4C)nc-3c(Cc3ccccc3)[nH]2)cc1. The van der Waals surface area contributed by atoms with Crippen molar-refractivity contribution in [2.75, 3.05) is 0 Å². The van der Waals surface area contributed by atoms with Crippen LogP contribution in [0.15, 0.2) is 78.0 Å². The van der Waals surface area contributed by atoms with E-state index >= 15 is 0 Å². The number of aryl methyl sites for hydroxylation is 2. The molecule has 0 fully saturated rings. The summed E-state index contributed by atoms with van der Waals surface area (Å²) in [5, 5.41) is 0. The highest BCUT2D eigenvalue weighted by molar-refractivity contribution is 5.60. The number of nitrogens with zero attached hydrogens (tertiary/aromatic N) is 4. The van der Waals surface area contributed by atoms with E-state index in [1.165, 1.54) is 5.56 Å². The Kier molecular flexibility index (Phi) is 4.75. The van der Waals surface area contributed by atoms with Gasteiger partial charge in [0, 0.05) is 32.1 Å². The minimum Gasteiger partial charge on any atom is -0.354 e. The summed E-state index contributed by atoms with van der Waals surface area (Å²) in [5.74, 6) is 1.47. The van der Waals surface area contributed by atoms with E-state index in [1.54, 1.807) is 10.8 Å². The normalized spacial score (nSPS) is 11.3. The fourth-order valence-electron chi connectivity index (χ4n) is 3.81. The van der Waals surface area contributed by atoms with Crippen LogP contribution in [-0.2, 0) is 19.9 Å². The van der Waals surface area contributed by atoms with Crippen LogP contribution in [0.1, 0.15) is 28.3 Å². The fraction of sp³-hybridized carbons (Fsp3) is 0.160. The molecule has 0 atom stereocenters. The molecule has 0 aliphatic carbocycles. The Morgan fingerprint density at radius 1 is 1.00 bits per heavy atom. The molecule has 6 nitrogen and oxygen atoms in total. The number of hydrogen-bond acceptors (Lipinski definition) is 3. The number of H-pyrrole nitrogens is 1. The highest BCUT2D eigenvalue weighted by Crippen LogP contribution is 2.24. The number of fused-ring (bicyclic) bond motifs is 1. The van der Waals surface area contributed by atoms with Crippen LogP contribution in [0.5, 0.6) is 0 Å². The Bertz CT molecular complexity index is 1360. The van der Waals surface area contributed by atoms with Gasteiger partial charge < -0.3 is 9.55 Å². The van der Waals surface area contributed by atoms with Crippen molar-refractivity contribution in [1.29, 1.82) is 0 Å². The average molecular weight is 409 g/mol. The Balaban J connectivity index is 1.66. The van der Waals surface area contributed by atoms with Crippen LogP contribution in [0.4, 0.5) is 0 Å². The van der Waals surface area contributed by atoms with Crippen LogP contribution in [0, 0.1) is 6.92 Å². The van der Waals surface area contributed by atoms with Gasteiger partial charge in [-0.2, -0.15) is 0 Å². The molecule has 0 bridgehead atoms. The van der Waals surface area contributed by atoms with Gasteiger partial charge in [-0.3, -0.25) is 9.36 Å². The van der Waals surface area contributed by atoms with Crippen molar-refractivity contribution in [3.8, 4) is 17.1 Å². The zero-order chi connectivity index (χ0) is 21.4. The van der Waals surface area contributed by atoms with E-state index in [2.05, 4.69) is 53.3 Å². The van der Waals surface area contributed by atoms with Crippen LogP contribution in [0.25, 0.3) is 17.1 Å². The van der Waals surface area contributed by atoms with Gasteiger partial charge in [0.05, 0.1) is 17.8 Å². The molecule has 5 rings (SSSR count). The lowest BCUT2D eigenvalue weighted by Crippen LogP contribution is -2.18. The van der Waals surface area contributed by atoms with Gasteiger partial charge >= 0.3 is 0 Å². The molecule has 0 saturated carbocycles. The van der Waals surface area contributed by atoms with Crippen molar-refractivity contribution in [3.05, 3.63) is 112 Å². The maximum atomic E-state index is 13.3. The topological polar surface area (TPSA) is 68.5 Å². The average Bonchev–Trinajstić information content (AvgIpc) is 3.33. The Hall–Kier alpha value is -3.93. The first kappa shape index (κ1) is 19.1. The van der Waals surface area contributed by atoms with Crippen LogP contribution in [0.3, 0.4) is 0 Å². The van der Waals surface area contributed by atoms with Gasteiger partial charge in [-0.05, 0) is 18.1 Å². The number of hydrogen-bond donors (Lipinski definition) is 1. The van der Waals surface area contributed by atoms with E-state index in [9.17, 15) is 4.79 Å². The summed E-state index contributed by atoms with van der Waals surface area (Å²) in [6.45, 7) is 2.06. The summed E-state index contributed by atoms with van der Waals surface area (Å²) in [5.41, 5.74) is 5.57. The largest absolute Gasteiger partial charge is 0.354 e. The Morgan fingerprint density at radius 2 is 1.77 bits per heavy atom. The number of benzene rings is 2. The second-order valence-corrected chi connectivity index (χ2v) is 7.86. The molecule has 2 aromatic carbocycles. The van der Waals surface area contributed by atoms with Crippen LogP contribution >= 0.6 is 0 Å². The highest BCUT2D eigenvalue weighted by atomic mass is 16.1. The summed E-state index contributed by atoms with van der Waals surface area (Å²) in [6, 6.07) is 18.5. The number of rotatable bonds is 5. The van der Waals surface area contributed by atoms with Gasteiger partial charge in [0.25, 0.3) is 5.56 Å². The van der Waals surface area contributed by atoms with Crippen molar-refractivity contribution < 1.29 is 0 Å². The molecule has 0 spiro atoms. The molecule has 3 aromatic rings. The lowest BCUT2D eigenvalue weighted by Gasteiger charge is -2.13. The summed E-state index contributed by atoms with van der Waals surface area (Å²) >= 11 is 0. The van der Waals surface area contributed by atoms with Crippen LogP contribution in [-0.4, -0.2) is 24.1 Å². The van der Waals surface area contributed by atoms with Gasteiger partial charge in [-0.15, -0.1) is 0 Å². The van der Waals surface area contributed by atoms with E-state index in [0.717, 1.165) is 28.3 Å². The standard InChI is InChI=1S/C25H23N5O/c1-17-8-10-19(11-9-17)22-16-30-24(20(27-22)14-18-6-4-3-5-7-18)28-21(25(30)31)15-23-26-12-13-29(23)2/h3-13,16,27H,14-15H2,1-2H3.